The van der Waals surface area contributed by atoms with Crippen molar-refractivity contribution in [3.63, 3.8) is 0 Å². The van der Waals surface area contributed by atoms with Crippen molar-refractivity contribution in [1.82, 2.24) is 10.3 Å². The molecule has 1 aromatic rings. The highest BCUT2D eigenvalue weighted by Gasteiger charge is 2.32. The van der Waals surface area contributed by atoms with Crippen LogP contribution in [0.1, 0.15) is 51.7 Å². The molecule has 0 spiro atoms. The van der Waals surface area contributed by atoms with Gasteiger partial charge in [0.05, 0.1) is 16.8 Å². The standard InChI is InChI=1S/C16H28N2OS/c1-6-17-13(12-7-8-19-11(12)2)9-15-18-14(10-20-15)16(3,4)5/h10-13,17H,6-9H2,1-5H3. The Morgan fingerprint density at radius 2 is 2.25 bits per heavy atom. The first-order valence-corrected chi connectivity index (χ1v) is 8.59. The molecule has 0 amide bonds. The lowest BCUT2D eigenvalue weighted by Gasteiger charge is -2.26. The molecule has 114 valence electrons. The minimum Gasteiger partial charge on any atom is -0.378 e. The van der Waals surface area contributed by atoms with E-state index in [1.165, 1.54) is 10.7 Å². The Bertz CT molecular complexity index is 424. The molecule has 20 heavy (non-hydrogen) atoms. The number of hydrogen-bond donors (Lipinski definition) is 1. The maximum Gasteiger partial charge on any atom is 0.0944 e. The van der Waals surface area contributed by atoms with E-state index in [4.69, 9.17) is 9.72 Å². The van der Waals surface area contributed by atoms with Crippen LogP contribution in [-0.4, -0.2) is 30.3 Å². The van der Waals surface area contributed by atoms with E-state index in [2.05, 4.69) is 45.3 Å². The van der Waals surface area contributed by atoms with Gasteiger partial charge in [-0.05, 0) is 19.9 Å². The Morgan fingerprint density at radius 3 is 2.75 bits per heavy atom. The van der Waals surface area contributed by atoms with Crippen LogP contribution in [0.5, 0.6) is 0 Å². The van der Waals surface area contributed by atoms with Crippen molar-refractivity contribution in [3.05, 3.63) is 16.1 Å². The van der Waals surface area contributed by atoms with Gasteiger partial charge in [0.15, 0.2) is 0 Å². The van der Waals surface area contributed by atoms with Gasteiger partial charge in [0.1, 0.15) is 0 Å². The van der Waals surface area contributed by atoms with Crippen molar-refractivity contribution < 1.29 is 4.74 Å². The van der Waals surface area contributed by atoms with E-state index in [0.717, 1.165) is 26.0 Å². The number of rotatable bonds is 5. The Labute approximate surface area is 127 Å². The molecule has 0 bridgehead atoms. The van der Waals surface area contributed by atoms with E-state index in [1.54, 1.807) is 11.3 Å². The zero-order valence-corrected chi connectivity index (χ0v) is 14.2. The summed E-state index contributed by atoms with van der Waals surface area (Å²) < 4.78 is 5.73. The number of thiazole rings is 1. The fourth-order valence-electron chi connectivity index (χ4n) is 2.85. The first-order valence-electron chi connectivity index (χ1n) is 7.71. The third-order valence-corrected chi connectivity index (χ3v) is 5.00. The minimum atomic E-state index is 0.145. The molecule has 1 fully saturated rings. The number of likely N-dealkylation sites (N-methyl/N-ethyl adjacent to an activating group) is 1. The lowest BCUT2D eigenvalue weighted by atomic mass is 9.91. The SMILES string of the molecule is CCNC(Cc1nc(C(C)(C)C)cs1)C1CCOC1C. The predicted octanol–water partition coefficient (Wildman–Crippen LogP) is 3.39. The first kappa shape index (κ1) is 15.9. The Hall–Kier alpha value is -0.450. The van der Waals surface area contributed by atoms with Gasteiger partial charge in [-0.25, -0.2) is 4.98 Å². The van der Waals surface area contributed by atoms with Crippen LogP contribution < -0.4 is 5.32 Å². The molecule has 2 heterocycles. The van der Waals surface area contributed by atoms with Gasteiger partial charge < -0.3 is 10.1 Å². The summed E-state index contributed by atoms with van der Waals surface area (Å²) in [5, 5.41) is 7.10. The topological polar surface area (TPSA) is 34.2 Å². The lowest BCUT2D eigenvalue weighted by Crippen LogP contribution is -2.40. The van der Waals surface area contributed by atoms with E-state index in [0.29, 0.717) is 18.1 Å². The molecule has 4 heteroatoms. The van der Waals surface area contributed by atoms with Crippen LogP contribution in [0.4, 0.5) is 0 Å². The zero-order chi connectivity index (χ0) is 14.8. The molecule has 1 aromatic heterocycles. The van der Waals surface area contributed by atoms with E-state index in [1.807, 2.05) is 0 Å². The molecule has 3 nitrogen and oxygen atoms in total. The van der Waals surface area contributed by atoms with Gasteiger partial charge in [0.2, 0.25) is 0 Å². The highest BCUT2D eigenvalue weighted by molar-refractivity contribution is 7.09. The number of ether oxygens (including phenoxy) is 1. The second-order valence-corrected chi connectivity index (χ2v) is 7.72. The van der Waals surface area contributed by atoms with Crippen LogP contribution in [0, 0.1) is 5.92 Å². The third-order valence-electron chi connectivity index (χ3n) is 4.13. The zero-order valence-electron chi connectivity index (χ0n) is 13.4. The van der Waals surface area contributed by atoms with Gasteiger partial charge in [-0.15, -0.1) is 11.3 Å². The predicted molar refractivity (Wildman–Crippen MR) is 85.5 cm³/mol. The van der Waals surface area contributed by atoms with Gasteiger partial charge in [0, 0.05) is 35.8 Å². The molecule has 2 rings (SSSR count). The highest BCUT2D eigenvalue weighted by atomic mass is 32.1. The summed E-state index contributed by atoms with van der Waals surface area (Å²) in [7, 11) is 0. The lowest BCUT2D eigenvalue weighted by molar-refractivity contribution is 0.0956. The van der Waals surface area contributed by atoms with Gasteiger partial charge in [-0.3, -0.25) is 0 Å². The molecule has 1 saturated heterocycles. The molecule has 3 unspecified atom stereocenters. The van der Waals surface area contributed by atoms with Crippen LogP contribution in [0.25, 0.3) is 0 Å². The number of hydrogen-bond acceptors (Lipinski definition) is 4. The highest BCUT2D eigenvalue weighted by Crippen LogP contribution is 2.28. The molecule has 1 aliphatic heterocycles. The summed E-state index contributed by atoms with van der Waals surface area (Å²) in [5.74, 6) is 0.608. The van der Waals surface area contributed by atoms with Crippen LogP contribution in [-0.2, 0) is 16.6 Å². The summed E-state index contributed by atoms with van der Waals surface area (Å²) in [4.78, 5) is 4.84. The van der Waals surface area contributed by atoms with Crippen molar-refractivity contribution in [1.29, 1.82) is 0 Å². The van der Waals surface area contributed by atoms with Gasteiger partial charge in [0.25, 0.3) is 0 Å². The van der Waals surface area contributed by atoms with Crippen molar-refractivity contribution in [3.8, 4) is 0 Å². The Balaban J connectivity index is 2.06. The summed E-state index contributed by atoms with van der Waals surface area (Å²) >= 11 is 1.80. The summed E-state index contributed by atoms with van der Waals surface area (Å²) in [6.07, 6.45) is 2.55. The van der Waals surface area contributed by atoms with Crippen molar-refractivity contribution in [2.75, 3.05) is 13.2 Å². The quantitative estimate of drug-likeness (QED) is 0.904. The largest absolute Gasteiger partial charge is 0.378 e. The summed E-state index contributed by atoms with van der Waals surface area (Å²) in [6, 6.07) is 0.483. The normalized spacial score (nSPS) is 25.1. The van der Waals surface area contributed by atoms with E-state index in [-0.39, 0.29) is 5.41 Å². The molecule has 1 N–H and O–H groups in total. The van der Waals surface area contributed by atoms with Crippen LogP contribution in [0.15, 0.2) is 5.38 Å². The van der Waals surface area contributed by atoms with E-state index < -0.39 is 0 Å². The molecular formula is C16H28N2OS. The summed E-state index contributed by atoms with van der Waals surface area (Å²) in [5.41, 5.74) is 1.36. The first-order chi connectivity index (χ1) is 9.41. The smallest absolute Gasteiger partial charge is 0.0944 e. The third kappa shape index (κ3) is 3.80. The Kier molecular flexibility index (Phi) is 5.21. The van der Waals surface area contributed by atoms with Crippen molar-refractivity contribution in [2.24, 2.45) is 5.92 Å². The second kappa shape index (κ2) is 6.54. The average molecular weight is 296 g/mol. The molecule has 0 radical (unpaired) electrons. The van der Waals surface area contributed by atoms with Crippen molar-refractivity contribution in [2.45, 2.75) is 65.0 Å². The minimum absolute atomic E-state index is 0.145. The maximum atomic E-state index is 5.73. The molecule has 0 aromatic carbocycles. The maximum absolute atomic E-state index is 5.73. The summed E-state index contributed by atoms with van der Waals surface area (Å²) in [6.45, 7) is 13.0. The number of nitrogens with one attached hydrogen (secondary N) is 1. The van der Waals surface area contributed by atoms with Gasteiger partial charge >= 0.3 is 0 Å². The molecule has 0 saturated carbocycles. The van der Waals surface area contributed by atoms with E-state index in [9.17, 15) is 0 Å². The number of nitrogens with zero attached hydrogens (tertiary/aromatic N) is 1. The second-order valence-electron chi connectivity index (χ2n) is 6.77. The molecule has 0 aliphatic carbocycles. The fraction of sp³-hybridized carbons (Fsp3) is 0.812. The fourth-order valence-corrected chi connectivity index (χ4v) is 3.93. The Morgan fingerprint density at radius 1 is 1.50 bits per heavy atom. The average Bonchev–Trinajstić information content (AvgIpc) is 2.96. The van der Waals surface area contributed by atoms with Gasteiger partial charge in [-0.1, -0.05) is 27.7 Å². The van der Waals surface area contributed by atoms with Crippen LogP contribution in [0.2, 0.25) is 0 Å². The van der Waals surface area contributed by atoms with E-state index >= 15 is 0 Å². The monoisotopic (exact) mass is 296 g/mol. The van der Waals surface area contributed by atoms with Crippen LogP contribution in [0.3, 0.4) is 0 Å². The van der Waals surface area contributed by atoms with Crippen LogP contribution >= 0.6 is 11.3 Å². The molecule has 1 aliphatic rings. The van der Waals surface area contributed by atoms with Gasteiger partial charge in [-0.2, -0.15) is 0 Å². The molecular weight excluding hydrogens is 268 g/mol. The number of aromatic nitrogens is 1. The molecule has 3 atom stereocenters. The van der Waals surface area contributed by atoms with Crippen molar-refractivity contribution >= 4 is 11.3 Å².